The number of carbonyl (C=O) groups excluding carboxylic acids is 1. The molecular weight excluding hydrogens is 334 g/mol. The fourth-order valence-corrected chi connectivity index (χ4v) is 1.96. The van der Waals surface area contributed by atoms with E-state index in [9.17, 15) is 9.18 Å². The van der Waals surface area contributed by atoms with Crippen LogP contribution in [0.25, 0.3) is 0 Å². The van der Waals surface area contributed by atoms with Crippen LogP contribution in [0.15, 0.2) is 18.7 Å². The molecule has 22 heavy (non-hydrogen) atoms. The van der Waals surface area contributed by atoms with Crippen molar-refractivity contribution in [2.24, 2.45) is 5.41 Å². The van der Waals surface area contributed by atoms with E-state index in [2.05, 4.69) is 15.1 Å². The molecular formula is C13H13Cl2FN4O2. The maximum Gasteiger partial charge on any atom is 0.253 e. The van der Waals surface area contributed by atoms with E-state index in [4.69, 9.17) is 27.9 Å². The SMILES string of the molecule is CC(C)(C)C(=O)C(Oc1nc(F)c(Cl)cc1Cl)n1cncn1. The lowest BCUT2D eigenvalue weighted by Gasteiger charge is -2.24. The van der Waals surface area contributed by atoms with Crippen LogP contribution in [0, 0.1) is 11.4 Å². The van der Waals surface area contributed by atoms with Gasteiger partial charge in [0.2, 0.25) is 17.6 Å². The lowest BCUT2D eigenvalue weighted by molar-refractivity contribution is -0.138. The van der Waals surface area contributed by atoms with E-state index in [1.165, 1.54) is 17.3 Å². The molecule has 0 saturated heterocycles. The van der Waals surface area contributed by atoms with Gasteiger partial charge in [-0.05, 0) is 6.07 Å². The molecule has 0 saturated carbocycles. The van der Waals surface area contributed by atoms with Crippen molar-refractivity contribution in [1.29, 1.82) is 0 Å². The molecule has 1 atom stereocenters. The number of Topliss-reactive ketones (excluding diaryl/α,β-unsaturated/α-hetero) is 1. The van der Waals surface area contributed by atoms with Gasteiger partial charge in [0, 0.05) is 5.41 Å². The highest BCUT2D eigenvalue weighted by Gasteiger charge is 2.34. The molecule has 0 aliphatic rings. The Kier molecular flexibility index (Phi) is 4.67. The standard InChI is InChI=1S/C13H13Cl2FN4O2/c1-13(2,3)9(21)12(20-6-17-5-18-20)22-11-8(15)4-7(14)10(16)19-11/h4-6,12H,1-3H3. The predicted molar refractivity (Wildman–Crippen MR) is 78.4 cm³/mol. The minimum atomic E-state index is -1.17. The number of hydrogen-bond acceptors (Lipinski definition) is 5. The summed E-state index contributed by atoms with van der Waals surface area (Å²) in [5.74, 6) is -1.49. The van der Waals surface area contributed by atoms with Gasteiger partial charge in [-0.15, -0.1) is 0 Å². The zero-order chi connectivity index (χ0) is 16.5. The number of carbonyl (C=O) groups is 1. The van der Waals surface area contributed by atoms with E-state index in [1.54, 1.807) is 20.8 Å². The van der Waals surface area contributed by atoms with E-state index in [0.717, 1.165) is 6.07 Å². The summed E-state index contributed by atoms with van der Waals surface area (Å²) in [5, 5.41) is 3.63. The summed E-state index contributed by atoms with van der Waals surface area (Å²) in [5.41, 5.74) is -0.728. The van der Waals surface area contributed by atoms with Gasteiger partial charge >= 0.3 is 0 Å². The monoisotopic (exact) mass is 346 g/mol. The van der Waals surface area contributed by atoms with E-state index in [1.807, 2.05) is 0 Å². The Labute approximate surface area is 136 Å². The van der Waals surface area contributed by atoms with Crippen LogP contribution in [0.3, 0.4) is 0 Å². The number of rotatable bonds is 4. The van der Waals surface area contributed by atoms with Crippen molar-refractivity contribution in [3.8, 4) is 5.88 Å². The number of ketones is 1. The van der Waals surface area contributed by atoms with E-state index < -0.39 is 17.6 Å². The average Bonchev–Trinajstić information content (AvgIpc) is 2.93. The van der Waals surface area contributed by atoms with E-state index >= 15 is 0 Å². The summed E-state index contributed by atoms with van der Waals surface area (Å²) in [7, 11) is 0. The van der Waals surface area contributed by atoms with Crippen LogP contribution < -0.4 is 4.74 Å². The number of nitrogens with zero attached hydrogens (tertiary/aromatic N) is 4. The highest BCUT2D eigenvalue weighted by molar-refractivity contribution is 6.35. The highest BCUT2D eigenvalue weighted by Crippen LogP contribution is 2.31. The Hall–Kier alpha value is -1.73. The van der Waals surface area contributed by atoms with Gasteiger partial charge in [-0.2, -0.15) is 14.5 Å². The maximum absolute atomic E-state index is 13.5. The molecule has 0 aliphatic heterocycles. The summed E-state index contributed by atoms with van der Waals surface area (Å²) < 4.78 is 20.2. The van der Waals surface area contributed by atoms with Gasteiger partial charge < -0.3 is 4.74 Å². The van der Waals surface area contributed by atoms with Gasteiger partial charge in [-0.3, -0.25) is 4.79 Å². The second-order valence-electron chi connectivity index (χ2n) is 5.51. The van der Waals surface area contributed by atoms with Crippen molar-refractivity contribution < 1.29 is 13.9 Å². The quantitative estimate of drug-likeness (QED) is 0.794. The van der Waals surface area contributed by atoms with Crippen LogP contribution in [0.4, 0.5) is 4.39 Å². The molecule has 0 radical (unpaired) electrons. The minimum absolute atomic E-state index is 0.0155. The third-order valence-corrected chi connectivity index (χ3v) is 3.25. The molecule has 118 valence electrons. The first-order valence-corrected chi connectivity index (χ1v) is 7.02. The third kappa shape index (κ3) is 3.53. The fraction of sp³-hybridized carbons (Fsp3) is 0.385. The number of pyridine rings is 1. The summed E-state index contributed by atoms with van der Waals surface area (Å²) in [6.45, 7) is 5.17. The molecule has 1 unspecified atom stereocenters. The third-order valence-electron chi connectivity index (χ3n) is 2.72. The Balaban J connectivity index is 2.40. The van der Waals surface area contributed by atoms with E-state index in [-0.39, 0.29) is 21.7 Å². The van der Waals surface area contributed by atoms with Crippen molar-refractivity contribution in [2.45, 2.75) is 27.0 Å². The largest absolute Gasteiger partial charge is 0.443 e. The lowest BCUT2D eigenvalue weighted by Crippen LogP contribution is -2.34. The first kappa shape index (κ1) is 16.6. The van der Waals surface area contributed by atoms with Gasteiger partial charge in [0.05, 0.1) is 5.02 Å². The Morgan fingerprint density at radius 2 is 2.05 bits per heavy atom. The molecule has 0 amide bonds. The second-order valence-corrected chi connectivity index (χ2v) is 6.32. The van der Waals surface area contributed by atoms with Crippen molar-refractivity contribution in [3.63, 3.8) is 0 Å². The Bertz CT molecular complexity index is 686. The van der Waals surface area contributed by atoms with Crippen molar-refractivity contribution >= 4 is 29.0 Å². The number of ether oxygens (including phenoxy) is 1. The van der Waals surface area contributed by atoms with Gasteiger partial charge in [0.25, 0.3) is 6.23 Å². The number of halogens is 3. The summed E-state index contributed by atoms with van der Waals surface area (Å²) in [6.07, 6.45) is 1.39. The number of aromatic nitrogens is 4. The summed E-state index contributed by atoms with van der Waals surface area (Å²) in [4.78, 5) is 19.8. The van der Waals surface area contributed by atoms with Crippen LogP contribution in [0.2, 0.25) is 10.0 Å². The zero-order valence-electron chi connectivity index (χ0n) is 12.0. The normalized spacial score (nSPS) is 13.0. The molecule has 2 aromatic heterocycles. The zero-order valence-corrected chi connectivity index (χ0v) is 13.6. The minimum Gasteiger partial charge on any atom is -0.443 e. The molecule has 9 heteroatoms. The Morgan fingerprint density at radius 1 is 1.36 bits per heavy atom. The first-order valence-electron chi connectivity index (χ1n) is 6.27. The van der Waals surface area contributed by atoms with Gasteiger partial charge in [-0.25, -0.2) is 9.67 Å². The molecule has 0 N–H and O–H groups in total. The van der Waals surface area contributed by atoms with Crippen LogP contribution >= 0.6 is 23.2 Å². The molecule has 0 bridgehead atoms. The maximum atomic E-state index is 13.5. The summed E-state index contributed by atoms with van der Waals surface area (Å²) in [6, 6.07) is 1.15. The molecule has 0 aliphatic carbocycles. The fourth-order valence-electron chi connectivity index (χ4n) is 1.55. The van der Waals surface area contributed by atoms with Crippen LogP contribution in [0.5, 0.6) is 5.88 Å². The second kappa shape index (κ2) is 6.18. The van der Waals surface area contributed by atoms with Crippen LogP contribution in [0.1, 0.15) is 27.0 Å². The Morgan fingerprint density at radius 3 is 2.59 bits per heavy atom. The molecule has 6 nitrogen and oxygen atoms in total. The number of hydrogen-bond donors (Lipinski definition) is 0. The molecule has 0 spiro atoms. The molecule has 2 rings (SSSR count). The van der Waals surface area contributed by atoms with Gasteiger partial charge in [-0.1, -0.05) is 44.0 Å². The van der Waals surface area contributed by atoms with Gasteiger partial charge in [0.15, 0.2) is 0 Å². The van der Waals surface area contributed by atoms with Crippen molar-refractivity contribution in [3.05, 3.63) is 34.7 Å². The van der Waals surface area contributed by atoms with Crippen LogP contribution in [-0.2, 0) is 4.79 Å². The lowest BCUT2D eigenvalue weighted by atomic mass is 9.90. The average molecular weight is 347 g/mol. The van der Waals surface area contributed by atoms with E-state index in [0.29, 0.717) is 0 Å². The molecule has 0 aromatic carbocycles. The highest BCUT2D eigenvalue weighted by atomic mass is 35.5. The first-order chi connectivity index (χ1) is 10.2. The van der Waals surface area contributed by atoms with Crippen LogP contribution in [-0.4, -0.2) is 25.5 Å². The van der Waals surface area contributed by atoms with Crippen molar-refractivity contribution in [2.75, 3.05) is 0 Å². The smallest absolute Gasteiger partial charge is 0.253 e. The predicted octanol–water partition coefficient (Wildman–Crippen LogP) is 3.31. The molecule has 2 aromatic rings. The topological polar surface area (TPSA) is 69.9 Å². The summed E-state index contributed by atoms with van der Waals surface area (Å²) >= 11 is 11.5. The molecule has 2 heterocycles. The molecule has 0 fully saturated rings. The van der Waals surface area contributed by atoms with Crippen molar-refractivity contribution in [1.82, 2.24) is 19.7 Å². The van der Waals surface area contributed by atoms with Gasteiger partial charge in [0.1, 0.15) is 17.7 Å².